The smallest absolute Gasteiger partial charge is 0.317 e. The van der Waals surface area contributed by atoms with Crippen molar-refractivity contribution in [3.63, 3.8) is 0 Å². The van der Waals surface area contributed by atoms with Crippen LogP contribution in [0.1, 0.15) is 149 Å². The summed E-state index contributed by atoms with van der Waals surface area (Å²) in [5, 5.41) is 35.8. The average Bonchev–Trinajstić information content (AvgIpc) is 2.90. The van der Waals surface area contributed by atoms with Gasteiger partial charge in [0.1, 0.15) is 0 Å². The molecule has 0 saturated heterocycles. The summed E-state index contributed by atoms with van der Waals surface area (Å²) >= 11 is 0. The number of hydrogen-bond donors (Lipinski definition) is 4. The van der Waals surface area contributed by atoms with Crippen molar-refractivity contribution in [2.45, 2.75) is 149 Å². The van der Waals surface area contributed by atoms with Crippen molar-refractivity contribution in [2.75, 3.05) is 0 Å². The molecule has 0 radical (unpaired) electrons. The highest BCUT2D eigenvalue weighted by Gasteiger charge is 2.35. The molecule has 8 heteroatoms. The molecule has 1 aliphatic rings. The molecule has 4 N–H and O–H groups in total. The average molecular weight is 583 g/mol. The summed E-state index contributed by atoms with van der Waals surface area (Å²) in [5.74, 6) is -4.23. The van der Waals surface area contributed by atoms with Crippen LogP contribution in [-0.2, 0) is 19.2 Å². The highest BCUT2D eigenvalue weighted by Crippen LogP contribution is 2.45. The predicted molar refractivity (Wildman–Crippen MR) is 160 cm³/mol. The monoisotopic (exact) mass is 582 g/mol. The number of rotatable bonds is 25. The molecule has 0 bridgehead atoms. The molecule has 0 aliphatic heterocycles. The van der Waals surface area contributed by atoms with Crippen molar-refractivity contribution >= 4 is 23.9 Å². The van der Waals surface area contributed by atoms with Gasteiger partial charge < -0.3 is 20.4 Å². The van der Waals surface area contributed by atoms with Gasteiger partial charge in [-0.1, -0.05) is 117 Å². The Hall–Kier alpha value is -2.12. The van der Waals surface area contributed by atoms with E-state index in [0.717, 1.165) is 62.2 Å². The van der Waals surface area contributed by atoms with E-state index in [1.807, 2.05) is 0 Å². The van der Waals surface area contributed by atoms with Gasteiger partial charge in [0, 0.05) is 0 Å². The Morgan fingerprint density at radius 1 is 0.537 bits per heavy atom. The van der Waals surface area contributed by atoms with Gasteiger partial charge in [0.2, 0.25) is 0 Å². The number of carboxylic acid groups (broad SMARTS) is 4. The molecule has 1 saturated carbocycles. The van der Waals surface area contributed by atoms with Gasteiger partial charge in [-0.05, 0) is 55.8 Å². The van der Waals surface area contributed by atoms with E-state index < -0.39 is 35.7 Å². The van der Waals surface area contributed by atoms with Crippen LogP contribution in [0.5, 0.6) is 0 Å². The van der Waals surface area contributed by atoms with Crippen LogP contribution in [0, 0.1) is 35.5 Å². The first-order valence-electron chi connectivity index (χ1n) is 16.5. The molecule has 1 rings (SSSR count). The second-order valence-corrected chi connectivity index (χ2v) is 12.6. The van der Waals surface area contributed by atoms with Crippen LogP contribution >= 0.6 is 0 Å². The molecule has 4 atom stereocenters. The zero-order chi connectivity index (χ0) is 30.6. The third-order valence-electron chi connectivity index (χ3n) is 9.66. The Balaban J connectivity index is 2.25. The van der Waals surface area contributed by atoms with Crippen LogP contribution in [0.2, 0.25) is 0 Å². The highest BCUT2D eigenvalue weighted by atomic mass is 16.4. The van der Waals surface area contributed by atoms with E-state index in [4.69, 9.17) is 20.4 Å². The number of carboxylic acids is 4. The third kappa shape index (κ3) is 15.1. The van der Waals surface area contributed by atoms with E-state index in [1.165, 1.54) is 70.6 Å². The SMILES string of the molecule is CCC1CCC(C)C(CCCCCCCCCC(C(=O)O)C(=O)O)C1CCCCCCCCCC(C(=O)O)C(=O)O. The Kier molecular flexibility index (Phi) is 19.4. The summed E-state index contributed by atoms with van der Waals surface area (Å²) in [4.78, 5) is 43.9. The number of carbonyl (C=O) groups is 4. The summed E-state index contributed by atoms with van der Waals surface area (Å²) in [6, 6.07) is 0. The molecule has 8 nitrogen and oxygen atoms in total. The van der Waals surface area contributed by atoms with Gasteiger partial charge >= 0.3 is 23.9 Å². The van der Waals surface area contributed by atoms with E-state index in [2.05, 4.69) is 13.8 Å². The molecular weight excluding hydrogens is 524 g/mol. The van der Waals surface area contributed by atoms with Crippen molar-refractivity contribution in [3.05, 3.63) is 0 Å². The van der Waals surface area contributed by atoms with Gasteiger partial charge in [0.15, 0.2) is 11.8 Å². The van der Waals surface area contributed by atoms with E-state index in [0.29, 0.717) is 12.8 Å². The van der Waals surface area contributed by atoms with Crippen molar-refractivity contribution in [1.82, 2.24) is 0 Å². The van der Waals surface area contributed by atoms with Crippen LogP contribution in [0.3, 0.4) is 0 Å². The Labute approximate surface area is 247 Å². The lowest BCUT2D eigenvalue weighted by Gasteiger charge is -2.42. The van der Waals surface area contributed by atoms with Gasteiger partial charge in [-0.15, -0.1) is 0 Å². The van der Waals surface area contributed by atoms with Crippen molar-refractivity contribution < 1.29 is 39.6 Å². The molecule has 0 aromatic carbocycles. The fourth-order valence-corrected chi connectivity index (χ4v) is 7.06. The molecular formula is C33H58O8. The minimum atomic E-state index is -1.27. The van der Waals surface area contributed by atoms with Crippen LogP contribution in [-0.4, -0.2) is 44.3 Å². The number of hydrogen-bond acceptors (Lipinski definition) is 4. The lowest BCUT2D eigenvalue weighted by molar-refractivity contribution is -0.156. The molecule has 238 valence electrons. The first-order chi connectivity index (χ1) is 19.6. The van der Waals surface area contributed by atoms with Gasteiger partial charge in [-0.3, -0.25) is 19.2 Å². The second-order valence-electron chi connectivity index (χ2n) is 12.6. The maximum Gasteiger partial charge on any atom is 0.317 e. The van der Waals surface area contributed by atoms with E-state index in [1.54, 1.807) is 0 Å². The fourth-order valence-electron chi connectivity index (χ4n) is 7.06. The fraction of sp³-hybridized carbons (Fsp3) is 0.879. The lowest BCUT2D eigenvalue weighted by atomic mass is 9.63. The molecule has 1 fully saturated rings. The predicted octanol–water partition coefficient (Wildman–Crippen LogP) is 8.27. The highest BCUT2D eigenvalue weighted by molar-refractivity contribution is 5.93. The van der Waals surface area contributed by atoms with Crippen molar-refractivity contribution in [2.24, 2.45) is 35.5 Å². The molecule has 4 unspecified atom stereocenters. The topological polar surface area (TPSA) is 149 Å². The summed E-state index contributed by atoms with van der Waals surface area (Å²) in [5.41, 5.74) is 0. The van der Waals surface area contributed by atoms with Gasteiger partial charge in [0.05, 0.1) is 0 Å². The summed E-state index contributed by atoms with van der Waals surface area (Å²) in [6.07, 6.45) is 21.9. The van der Waals surface area contributed by atoms with Crippen LogP contribution in [0.25, 0.3) is 0 Å². The van der Waals surface area contributed by atoms with Gasteiger partial charge in [-0.25, -0.2) is 0 Å². The summed E-state index contributed by atoms with van der Waals surface area (Å²) in [6.45, 7) is 4.80. The van der Waals surface area contributed by atoms with Crippen molar-refractivity contribution in [1.29, 1.82) is 0 Å². The van der Waals surface area contributed by atoms with Crippen LogP contribution in [0.4, 0.5) is 0 Å². The molecule has 0 aromatic heterocycles. The Morgan fingerprint density at radius 3 is 1.24 bits per heavy atom. The largest absolute Gasteiger partial charge is 0.481 e. The first-order valence-corrected chi connectivity index (χ1v) is 16.5. The normalized spacial score (nSPS) is 20.9. The maximum atomic E-state index is 11.0. The summed E-state index contributed by atoms with van der Waals surface area (Å²) < 4.78 is 0. The van der Waals surface area contributed by atoms with Crippen molar-refractivity contribution in [3.8, 4) is 0 Å². The van der Waals surface area contributed by atoms with E-state index in [9.17, 15) is 19.2 Å². The van der Waals surface area contributed by atoms with E-state index in [-0.39, 0.29) is 12.8 Å². The number of unbranched alkanes of at least 4 members (excludes halogenated alkanes) is 12. The number of aliphatic carboxylic acids is 4. The Bertz CT molecular complexity index is 738. The minimum Gasteiger partial charge on any atom is -0.481 e. The minimum absolute atomic E-state index is 0.216. The molecule has 0 spiro atoms. The lowest BCUT2D eigenvalue weighted by Crippen LogP contribution is -2.33. The van der Waals surface area contributed by atoms with Crippen LogP contribution < -0.4 is 0 Å². The molecule has 0 amide bonds. The standard InChI is InChI=1S/C33H58O8/c1-3-25-23-22-24(2)26(18-14-10-6-4-8-12-16-20-28(30(34)35)31(36)37)27(25)19-15-11-7-5-9-13-17-21-29(32(38)39)33(40)41/h24-29H,3-23H2,1-2H3,(H,34,35)(H,36,37)(H,38,39)(H,40,41). The third-order valence-corrected chi connectivity index (χ3v) is 9.66. The summed E-state index contributed by atoms with van der Waals surface area (Å²) in [7, 11) is 0. The zero-order valence-corrected chi connectivity index (χ0v) is 25.7. The molecule has 1 aliphatic carbocycles. The van der Waals surface area contributed by atoms with Gasteiger partial charge in [-0.2, -0.15) is 0 Å². The molecule has 0 heterocycles. The zero-order valence-electron chi connectivity index (χ0n) is 25.7. The first kappa shape index (κ1) is 36.9. The second kappa shape index (κ2) is 21.6. The maximum absolute atomic E-state index is 11.0. The van der Waals surface area contributed by atoms with Crippen LogP contribution in [0.15, 0.2) is 0 Å². The Morgan fingerprint density at radius 2 is 0.878 bits per heavy atom. The van der Waals surface area contributed by atoms with Gasteiger partial charge in [0.25, 0.3) is 0 Å². The molecule has 41 heavy (non-hydrogen) atoms. The van der Waals surface area contributed by atoms with E-state index >= 15 is 0 Å². The quantitative estimate of drug-likeness (QED) is 0.0620. The molecule has 0 aromatic rings.